The van der Waals surface area contributed by atoms with Crippen LogP contribution in [0, 0.1) is 0 Å². The van der Waals surface area contributed by atoms with E-state index in [0.717, 1.165) is 0 Å². The second-order valence-corrected chi connectivity index (χ2v) is 2.80. The maximum atomic E-state index is 11.0. The van der Waals surface area contributed by atoms with E-state index in [0.29, 0.717) is 13.0 Å². The van der Waals surface area contributed by atoms with E-state index in [1.165, 1.54) is 11.0 Å². The summed E-state index contributed by atoms with van der Waals surface area (Å²) in [6, 6.07) is -0.343. The monoisotopic (exact) mass is 187 g/mol. The fourth-order valence-corrected chi connectivity index (χ4v) is 1.26. The van der Waals surface area contributed by atoms with Crippen LogP contribution in [0.3, 0.4) is 0 Å². The van der Waals surface area contributed by atoms with Crippen molar-refractivity contribution < 1.29 is 9.53 Å². The Morgan fingerprint density at radius 1 is 1.75 bits per heavy atom. The van der Waals surface area contributed by atoms with Gasteiger partial charge in [0.1, 0.15) is 6.33 Å². The Balaban J connectivity index is 2.24. The third-order valence-electron chi connectivity index (χ3n) is 1.71. The van der Waals surface area contributed by atoms with E-state index in [1.54, 1.807) is 0 Å². The molecule has 0 N–H and O–H groups in total. The summed E-state index contributed by atoms with van der Waals surface area (Å²) in [7, 11) is 0. The highest BCUT2D eigenvalue weighted by atomic mass is 35.5. The van der Waals surface area contributed by atoms with Crippen molar-refractivity contribution in [2.24, 2.45) is 0 Å². The van der Waals surface area contributed by atoms with Crippen molar-refractivity contribution >= 4 is 17.6 Å². The molecule has 0 aromatic carbocycles. The average Bonchev–Trinajstić information content (AvgIpc) is 2.58. The van der Waals surface area contributed by atoms with Gasteiger partial charge < -0.3 is 4.74 Å². The van der Waals surface area contributed by atoms with Gasteiger partial charge in [0, 0.05) is 6.42 Å². The smallest absolute Gasteiger partial charge is 0.331 e. The number of esters is 1. The molecule has 0 radical (unpaired) electrons. The second kappa shape index (κ2) is 2.75. The van der Waals surface area contributed by atoms with Crippen LogP contribution < -0.4 is 0 Å². The van der Waals surface area contributed by atoms with E-state index in [1.807, 2.05) is 0 Å². The minimum absolute atomic E-state index is 0.148. The van der Waals surface area contributed by atoms with Gasteiger partial charge in [0.05, 0.1) is 6.61 Å². The zero-order valence-electron chi connectivity index (χ0n) is 6.11. The highest BCUT2D eigenvalue weighted by Crippen LogP contribution is 2.19. The summed E-state index contributed by atoms with van der Waals surface area (Å²) in [5.41, 5.74) is 0. The van der Waals surface area contributed by atoms with Gasteiger partial charge >= 0.3 is 5.97 Å². The molecule has 0 saturated carbocycles. The Morgan fingerprint density at radius 3 is 3.08 bits per heavy atom. The second-order valence-electron chi connectivity index (χ2n) is 2.47. The Bertz CT molecular complexity index is 311. The van der Waals surface area contributed by atoms with Gasteiger partial charge in [0.15, 0.2) is 6.04 Å². The lowest BCUT2D eigenvalue weighted by molar-refractivity contribution is -0.140. The van der Waals surface area contributed by atoms with Gasteiger partial charge in [-0.25, -0.2) is 14.5 Å². The Morgan fingerprint density at radius 2 is 2.58 bits per heavy atom. The third kappa shape index (κ3) is 1.16. The van der Waals surface area contributed by atoms with Crippen LogP contribution in [-0.4, -0.2) is 27.3 Å². The van der Waals surface area contributed by atoms with Crippen molar-refractivity contribution in [1.82, 2.24) is 14.8 Å². The summed E-state index contributed by atoms with van der Waals surface area (Å²) >= 11 is 5.49. The average molecular weight is 188 g/mol. The molecule has 2 rings (SSSR count). The van der Waals surface area contributed by atoms with Gasteiger partial charge in [-0.2, -0.15) is 0 Å². The number of hydrogen-bond acceptors (Lipinski definition) is 4. The topological polar surface area (TPSA) is 57.0 Å². The zero-order valence-corrected chi connectivity index (χ0v) is 6.86. The maximum absolute atomic E-state index is 11.0. The molecular weight excluding hydrogens is 182 g/mol. The molecule has 1 fully saturated rings. The van der Waals surface area contributed by atoms with Crippen molar-refractivity contribution in [3.8, 4) is 0 Å². The first-order valence-corrected chi connectivity index (χ1v) is 3.88. The summed E-state index contributed by atoms with van der Waals surface area (Å²) in [4.78, 5) is 14.7. The van der Waals surface area contributed by atoms with Crippen LogP contribution in [-0.2, 0) is 9.53 Å². The summed E-state index contributed by atoms with van der Waals surface area (Å²) < 4.78 is 6.19. The standard InChI is InChI=1S/C6H6ClN3O2/c7-6-8-3-10(9-6)4-1-2-12-5(4)11/h3-4H,1-2H2. The van der Waals surface area contributed by atoms with Gasteiger partial charge in [0.2, 0.25) is 5.28 Å². The lowest BCUT2D eigenvalue weighted by Crippen LogP contribution is -2.14. The van der Waals surface area contributed by atoms with E-state index in [-0.39, 0.29) is 17.3 Å². The van der Waals surface area contributed by atoms with E-state index in [4.69, 9.17) is 16.3 Å². The molecule has 0 spiro atoms. The first-order valence-electron chi connectivity index (χ1n) is 3.50. The number of aromatic nitrogens is 3. The van der Waals surface area contributed by atoms with Crippen molar-refractivity contribution in [2.45, 2.75) is 12.5 Å². The lowest BCUT2D eigenvalue weighted by atomic mass is 10.3. The molecule has 0 bridgehead atoms. The molecule has 1 aromatic heterocycles. The molecule has 1 aliphatic rings. The molecule has 0 amide bonds. The van der Waals surface area contributed by atoms with Gasteiger partial charge in [-0.05, 0) is 11.6 Å². The molecule has 12 heavy (non-hydrogen) atoms. The number of rotatable bonds is 1. The number of cyclic esters (lactones) is 1. The zero-order chi connectivity index (χ0) is 8.55. The molecule has 1 atom stereocenters. The first kappa shape index (κ1) is 7.54. The normalized spacial score (nSPS) is 22.8. The van der Waals surface area contributed by atoms with Crippen LogP contribution in [0.4, 0.5) is 0 Å². The number of hydrogen-bond donors (Lipinski definition) is 0. The third-order valence-corrected chi connectivity index (χ3v) is 1.88. The fourth-order valence-electron chi connectivity index (χ4n) is 1.13. The number of halogens is 1. The van der Waals surface area contributed by atoms with Crippen molar-refractivity contribution in [2.75, 3.05) is 6.61 Å². The Labute approximate surface area is 73.3 Å². The highest BCUT2D eigenvalue weighted by molar-refractivity contribution is 6.28. The van der Waals surface area contributed by atoms with Crippen LogP contribution in [0.25, 0.3) is 0 Å². The summed E-state index contributed by atoms with van der Waals surface area (Å²) in [5.74, 6) is -0.267. The molecule has 64 valence electrons. The van der Waals surface area contributed by atoms with Crippen molar-refractivity contribution in [3.05, 3.63) is 11.6 Å². The van der Waals surface area contributed by atoms with Crippen LogP contribution >= 0.6 is 11.6 Å². The van der Waals surface area contributed by atoms with Crippen LogP contribution in [0.15, 0.2) is 6.33 Å². The largest absolute Gasteiger partial charge is 0.464 e. The predicted molar refractivity (Wildman–Crippen MR) is 39.6 cm³/mol. The molecule has 0 aliphatic carbocycles. The van der Waals surface area contributed by atoms with Crippen LogP contribution in [0.2, 0.25) is 5.28 Å². The minimum atomic E-state index is -0.343. The summed E-state index contributed by atoms with van der Waals surface area (Å²) in [6.45, 7) is 0.445. The van der Waals surface area contributed by atoms with Crippen molar-refractivity contribution in [3.63, 3.8) is 0 Å². The maximum Gasteiger partial charge on any atom is 0.331 e. The van der Waals surface area contributed by atoms with Gasteiger partial charge in [-0.1, -0.05) is 0 Å². The summed E-state index contributed by atoms with van der Waals surface area (Å²) in [5, 5.41) is 3.96. The molecule has 2 heterocycles. The van der Waals surface area contributed by atoms with Crippen LogP contribution in [0.5, 0.6) is 0 Å². The van der Waals surface area contributed by atoms with Gasteiger partial charge in [-0.3, -0.25) is 0 Å². The SMILES string of the molecule is O=C1OCCC1n1cnc(Cl)n1. The highest BCUT2D eigenvalue weighted by Gasteiger charge is 2.28. The number of nitrogens with zero attached hydrogens (tertiary/aromatic N) is 3. The number of carbonyl (C=O) groups is 1. The number of ether oxygens (including phenoxy) is 1. The van der Waals surface area contributed by atoms with E-state index < -0.39 is 0 Å². The van der Waals surface area contributed by atoms with E-state index in [9.17, 15) is 4.79 Å². The first-order chi connectivity index (χ1) is 5.77. The Hall–Kier alpha value is -1.10. The van der Waals surface area contributed by atoms with Crippen LogP contribution in [0.1, 0.15) is 12.5 Å². The molecule has 1 aliphatic heterocycles. The molecule has 1 aromatic rings. The van der Waals surface area contributed by atoms with E-state index in [2.05, 4.69) is 10.1 Å². The lowest BCUT2D eigenvalue weighted by Gasteiger charge is -2.02. The molecular formula is C6H6ClN3O2. The molecule has 5 nitrogen and oxygen atoms in total. The summed E-state index contributed by atoms with van der Waals surface area (Å²) in [6.07, 6.45) is 2.07. The Kier molecular flexibility index (Phi) is 1.73. The number of carbonyl (C=O) groups excluding carboxylic acids is 1. The van der Waals surface area contributed by atoms with Gasteiger partial charge in [-0.15, -0.1) is 5.10 Å². The fraction of sp³-hybridized carbons (Fsp3) is 0.500. The quantitative estimate of drug-likeness (QED) is 0.598. The molecule has 6 heteroatoms. The molecule has 1 unspecified atom stereocenters. The van der Waals surface area contributed by atoms with Crippen molar-refractivity contribution in [1.29, 1.82) is 0 Å². The van der Waals surface area contributed by atoms with E-state index >= 15 is 0 Å². The minimum Gasteiger partial charge on any atom is -0.464 e. The molecule has 1 saturated heterocycles. The van der Waals surface area contributed by atoms with Gasteiger partial charge in [0.25, 0.3) is 0 Å². The predicted octanol–water partition coefficient (Wildman–Crippen LogP) is 0.419.